The van der Waals surface area contributed by atoms with E-state index in [2.05, 4.69) is 10.2 Å². The van der Waals surface area contributed by atoms with Gasteiger partial charge in [-0.2, -0.15) is 0 Å². The molecular weight excluding hydrogens is 242 g/mol. The number of carbonyl (C=O) groups is 1. The molecule has 1 fully saturated rings. The van der Waals surface area contributed by atoms with E-state index in [4.69, 9.17) is 5.73 Å². The maximum Gasteiger partial charge on any atom is 0.224 e. The van der Waals surface area contributed by atoms with Gasteiger partial charge < -0.3 is 21.1 Å². The second-order valence-electron chi connectivity index (χ2n) is 5.02. The quantitative estimate of drug-likeness (QED) is 0.694. The van der Waals surface area contributed by atoms with Gasteiger partial charge in [0.1, 0.15) is 0 Å². The van der Waals surface area contributed by atoms with Gasteiger partial charge in [0.15, 0.2) is 0 Å². The fraction of sp³-hybridized carbons (Fsp3) is 0.500. The number of aliphatic hydroxyl groups excluding tert-OH is 1. The molecule has 1 aliphatic heterocycles. The summed E-state index contributed by atoms with van der Waals surface area (Å²) in [6, 6.07) is 7.17. The Morgan fingerprint density at radius 2 is 2.37 bits per heavy atom. The number of aliphatic hydroxyl groups is 1. The van der Waals surface area contributed by atoms with E-state index in [9.17, 15) is 9.90 Å². The molecule has 0 spiro atoms. The standard InChI is InChI=1S/C14H21N3O2/c15-11-3-1-4-12(9-11)16-14(19)5-2-7-17-8-6-13(18)10-17/h1,3-4,9,13,18H,2,5-8,10,15H2,(H,16,19). The van der Waals surface area contributed by atoms with E-state index >= 15 is 0 Å². The van der Waals surface area contributed by atoms with E-state index in [1.807, 2.05) is 12.1 Å². The van der Waals surface area contributed by atoms with Crippen LogP contribution in [0.25, 0.3) is 0 Å². The van der Waals surface area contributed by atoms with E-state index in [0.717, 1.165) is 38.2 Å². The van der Waals surface area contributed by atoms with Crippen LogP contribution in [-0.4, -0.2) is 41.7 Å². The molecule has 4 N–H and O–H groups in total. The topological polar surface area (TPSA) is 78.6 Å². The first kappa shape index (κ1) is 13.8. The summed E-state index contributed by atoms with van der Waals surface area (Å²) in [6.45, 7) is 2.52. The van der Waals surface area contributed by atoms with E-state index in [-0.39, 0.29) is 12.0 Å². The number of benzene rings is 1. The number of likely N-dealkylation sites (tertiary alicyclic amines) is 1. The predicted octanol–water partition coefficient (Wildman–Crippen LogP) is 1.05. The van der Waals surface area contributed by atoms with Gasteiger partial charge in [-0.1, -0.05) is 6.07 Å². The fourth-order valence-corrected chi connectivity index (χ4v) is 2.32. The molecule has 0 aliphatic carbocycles. The molecule has 19 heavy (non-hydrogen) atoms. The van der Waals surface area contributed by atoms with Crippen molar-refractivity contribution in [3.8, 4) is 0 Å². The van der Waals surface area contributed by atoms with Crippen LogP contribution in [0, 0.1) is 0 Å². The zero-order valence-corrected chi connectivity index (χ0v) is 11.0. The number of hydrogen-bond donors (Lipinski definition) is 3. The summed E-state index contributed by atoms with van der Waals surface area (Å²) >= 11 is 0. The maximum absolute atomic E-state index is 11.7. The van der Waals surface area contributed by atoms with Crippen LogP contribution in [0.2, 0.25) is 0 Å². The van der Waals surface area contributed by atoms with Crippen molar-refractivity contribution in [3.05, 3.63) is 24.3 Å². The van der Waals surface area contributed by atoms with Crippen molar-refractivity contribution >= 4 is 17.3 Å². The molecule has 1 atom stereocenters. The van der Waals surface area contributed by atoms with Crippen molar-refractivity contribution in [1.29, 1.82) is 0 Å². The van der Waals surface area contributed by atoms with Crippen molar-refractivity contribution in [2.24, 2.45) is 0 Å². The van der Waals surface area contributed by atoms with Gasteiger partial charge in [-0.15, -0.1) is 0 Å². The van der Waals surface area contributed by atoms with Gasteiger partial charge in [0.05, 0.1) is 6.10 Å². The highest BCUT2D eigenvalue weighted by Gasteiger charge is 2.19. The number of nitrogen functional groups attached to an aromatic ring is 1. The molecule has 0 bridgehead atoms. The first-order valence-corrected chi connectivity index (χ1v) is 6.69. The van der Waals surface area contributed by atoms with Gasteiger partial charge in [0.2, 0.25) is 5.91 Å². The van der Waals surface area contributed by atoms with Crippen molar-refractivity contribution in [2.75, 3.05) is 30.7 Å². The van der Waals surface area contributed by atoms with Crippen molar-refractivity contribution < 1.29 is 9.90 Å². The van der Waals surface area contributed by atoms with E-state index in [1.54, 1.807) is 12.1 Å². The molecule has 1 saturated heterocycles. The second kappa shape index (κ2) is 6.54. The number of β-amino-alcohol motifs (C(OH)–C–C–N with tert-alkyl or cyclic N) is 1. The zero-order valence-electron chi connectivity index (χ0n) is 11.0. The van der Waals surface area contributed by atoms with Crippen LogP contribution >= 0.6 is 0 Å². The molecular formula is C14H21N3O2. The highest BCUT2D eigenvalue weighted by atomic mass is 16.3. The summed E-state index contributed by atoms with van der Waals surface area (Å²) < 4.78 is 0. The average molecular weight is 263 g/mol. The van der Waals surface area contributed by atoms with E-state index in [1.165, 1.54) is 0 Å². The third kappa shape index (κ3) is 4.54. The van der Waals surface area contributed by atoms with Gasteiger partial charge in [0, 0.05) is 30.9 Å². The van der Waals surface area contributed by atoms with Crippen LogP contribution in [0.1, 0.15) is 19.3 Å². The highest BCUT2D eigenvalue weighted by Crippen LogP contribution is 2.13. The molecule has 104 valence electrons. The maximum atomic E-state index is 11.7. The predicted molar refractivity (Wildman–Crippen MR) is 75.8 cm³/mol. The number of rotatable bonds is 5. The molecule has 1 amide bonds. The van der Waals surface area contributed by atoms with Crippen molar-refractivity contribution in [1.82, 2.24) is 4.90 Å². The molecule has 2 rings (SSSR count). The number of carbonyl (C=O) groups excluding carboxylic acids is 1. The Hall–Kier alpha value is -1.59. The Labute approximate surface area is 113 Å². The molecule has 1 aliphatic rings. The lowest BCUT2D eigenvalue weighted by Crippen LogP contribution is -2.24. The van der Waals surface area contributed by atoms with E-state index in [0.29, 0.717) is 12.1 Å². The summed E-state index contributed by atoms with van der Waals surface area (Å²) in [5.74, 6) is 0.00495. The molecule has 1 unspecified atom stereocenters. The highest BCUT2D eigenvalue weighted by molar-refractivity contribution is 5.91. The van der Waals surface area contributed by atoms with Crippen LogP contribution in [-0.2, 0) is 4.79 Å². The third-order valence-corrected chi connectivity index (χ3v) is 3.30. The molecule has 1 aromatic rings. The number of amides is 1. The number of nitrogens with two attached hydrogens (primary N) is 1. The summed E-state index contributed by atoms with van der Waals surface area (Å²) in [4.78, 5) is 13.9. The second-order valence-corrected chi connectivity index (χ2v) is 5.02. The molecule has 5 nitrogen and oxygen atoms in total. The smallest absolute Gasteiger partial charge is 0.224 e. The molecule has 0 saturated carbocycles. The average Bonchev–Trinajstić information content (AvgIpc) is 2.75. The Morgan fingerprint density at radius 3 is 3.05 bits per heavy atom. The Bertz CT molecular complexity index is 436. The molecule has 1 heterocycles. The Balaban J connectivity index is 1.67. The van der Waals surface area contributed by atoms with Crippen molar-refractivity contribution in [3.63, 3.8) is 0 Å². The largest absolute Gasteiger partial charge is 0.399 e. The first-order chi connectivity index (χ1) is 9.13. The minimum absolute atomic E-state index is 0.00495. The number of nitrogens with one attached hydrogen (secondary N) is 1. The van der Waals surface area contributed by atoms with Gasteiger partial charge >= 0.3 is 0 Å². The van der Waals surface area contributed by atoms with Gasteiger partial charge in [-0.25, -0.2) is 0 Å². The van der Waals surface area contributed by atoms with Crippen molar-refractivity contribution in [2.45, 2.75) is 25.4 Å². The normalized spacial score (nSPS) is 19.5. The van der Waals surface area contributed by atoms with Crippen LogP contribution in [0.4, 0.5) is 11.4 Å². The minimum atomic E-state index is -0.193. The SMILES string of the molecule is Nc1cccc(NC(=O)CCCN2CCC(O)C2)c1. The lowest BCUT2D eigenvalue weighted by molar-refractivity contribution is -0.116. The summed E-state index contributed by atoms with van der Waals surface area (Å²) in [5.41, 5.74) is 7.03. The molecule has 0 radical (unpaired) electrons. The lowest BCUT2D eigenvalue weighted by Gasteiger charge is -2.14. The first-order valence-electron chi connectivity index (χ1n) is 6.69. The fourth-order valence-electron chi connectivity index (χ4n) is 2.32. The van der Waals surface area contributed by atoms with E-state index < -0.39 is 0 Å². The van der Waals surface area contributed by atoms with Crippen LogP contribution in [0.15, 0.2) is 24.3 Å². The molecule has 5 heteroatoms. The Kier molecular flexibility index (Phi) is 4.76. The van der Waals surface area contributed by atoms with Crippen LogP contribution in [0.3, 0.4) is 0 Å². The van der Waals surface area contributed by atoms with Gasteiger partial charge in [-0.3, -0.25) is 4.79 Å². The number of hydrogen-bond acceptors (Lipinski definition) is 4. The zero-order chi connectivity index (χ0) is 13.7. The van der Waals surface area contributed by atoms with Crippen LogP contribution < -0.4 is 11.1 Å². The number of anilines is 2. The summed E-state index contributed by atoms with van der Waals surface area (Å²) in [5, 5.41) is 12.2. The minimum Gasteiger partial charge on any atom is -0.399 e. The molecule has 0 aromatic heterocycles. The Morgan fingerprint density at radius 1 is 1.53 bits per heavy atom. The van der Waals surface area contributed by atoms with Gasteiger partial charge in [-0.05, 0) is 37.6 Å². The monoisotopic (exact) mass is 263 g/mol. The van der Waals surface area contributed by atoms with Gasteiger partial charge in [0.25, 0.3) is 0 Å². The summed E-state index contributed by atoms with van der Waals surface area (Å²) in [7, 11) is 0. The number of nitrogens with zero attached hydrogens (tertiary/aromatic N) is 1. The summed E-state index contributed by atoms with van der Waals surface area (Å²) in [6.07, 6.45) is 1.94. The van der Waals surface area contributed by atoms with Crippen LogP contribution in [0.5, 0.6) is 0 Å². The lowest BCUT2D eigenvalue weighted by atomic mass is 10.2. The third-order valence-electron chi connectivity index (χ3n) is 3.30. The molecule has 1 aromatic carbocycles.